The van der Waals surface area contributed by atoms with Gasteiger partial charge in [0.15, 0.2) is 5.96 Å². The van der Waals surface area contributed by atoms with Gasteiger partial charge in [-0.25, -0.2) is 0 Å². The maximum atomic E-state index is 6.03. The topological polar surface area (TPSA) is 60.1 Å². The highest BCUT2D eigenvalue weighted by atomic mass is 127. The van der Waals surface area contributed by atoms with Crippen LogP contribution >= 0.6 is 24.0 Å². The predicted octanol–water partition coefficient (Wildman–Crippen LogP) is 2.88. The van der Waals surface area contributed by atoms with Crippen molar-refractivity contribution in [3.05, 3.63) is 29.8 Å². The number of hydrogen-bond acceptors (Lipinski definition) is 3. The number of piperidine rings is 1. The lowest BCUT2D eigenvalue weighted by atomic mass is 10.00. The average molecular weight is 433 g/mol. The van der Waals surface area contributed by atoms with Gasteiger partial charge in [0, 0.05) is 13.1 Å². The van der Waals surface area contributed by atoms with Crippen LogP contribution in [0.1, 0.15) is 25.3 Å². The van der Waals surface area contributed by atoms with Crippen molar-refractivity contribution in [2.45, 2.75) is 26.4 Å². The largest absolute Gasteiger partial charge is 0.497 e. The van der Waals surface area contributed by atoms with Gasteiger partial charge in [-0.15, -0.1) is 24.0 Å². The van der Waals surface area contributed by atoms with Crippen LogP contribution in [0.2, 0.25) is 0 Å². The van der Waals surface area contributed by atoms with Crippen LogP contribution in [0.3, 0.4) is 0 Å². The normalized spacial score (nSPS) is 16.1. The Labute approximate surface area is 156 Å². The fourth-order valence-corrected chi connectivity index (χ4v) is 2.47. The van der Waals surface area contributed by atoms with E-state index < -0.39 is 0 Å². The lowest BCUT2D eigenvalue weighted by molar-refractivity contribution is 0.128. The molecule has 1 aliphatic rings. The Kier molecular flexibility index (Phi) is 9.31. The third-order valence-corrected chi connectivity index (χ3v) is 4.04. The molecule has 0 saturated carbocycles. The second-order valence-corrected chi connectivity index (χ2v) is 5.81. The van der Waals surface area contributed by atoms with Crippen LogP contribution in [0.15, 0.2) is 29.3 Å². The Bertz CT molecular complexity index is 471. The molecule has 1 heterocycles. The second kappa shape index (κ2) is 10.7. The van der Waals surface area contributed by atoms with E-state index in [0.717, 1.165) is 30.3 Å². The summed E-state index contributed by atoms with van der Waals surface area (Å²) >= 11 is 0. The number of ether oxygens (including phenoxy) is 2. The summed E-state index contributed by atoms with van der Waals surface area (Å²) in [7, 11) is 1.66. The van der Waals surface area contributed by atoms with Gasteiger partial charge in [-0.05, 0) is 36.5 Å². The maximum absolute atomic E-state index is 6.03. The van der Waals surface area contributed by atoms with Crippen LogP contribution in [-0.2, 0) is 11.3 Å². The Hall–Kier alpha value is -1.02. The molecule has 0 radical (unpaired) electrons. The quantitative estimate of drug-likeness (QED) is 0.325. The summed E-state index contributed by atoms with van der Waals surface area (Å²) in [6.07, 6.45) is 2.40. The average Bonchev–Trinajstić information content (AvgIpc) is 2.55. The minimum absolute atomic E-state index is 0. The summed E-state index contributed by atoms with van der Waals surface area (Å²) in [6.45, 7) is 6.09. The molecule has 0 aliphatic carbocycles. The van der Waals surface area contributed by atoms with Crippen molar-refractivity contribution in [2.24, 2.45) is 16.6 Å². The number of halogens is 1. The molecule has 0 atom stereocenters. The van der Waals surface area contributed by atoms with Crippen LogP contribution in [0, 0.1) is 5.92 Å². The molecule has 1 aliphatic heterocycles. The molecule has 1 saturated heterocycles. The predicted molar refractivity (Wildman–Crippen MR) is 105 cm³/mol. The number of hydrogen-bond donors (Lipinski definition) is 1. The maximum Gasteiger partial charge on any atom is 0.191 e. The molecule has 23 heavy (non-hydrogen) atoms. The van der Waals surface area contributed by atoms with E-state index >= 15 is 0 Å². The highest BCUT2D eigenvalue weighted by Gasteiger charge is 2.16. The van der Waals surface area contributed by atoms with E-state index in [0.29, 0.717) is 25.7 Å². The van der Waals surface area contributed by atoms with Gasteiger partial charge in [-0.1, -0.05) is 19.1 Å². The number of methoxy groups -OCH3 is 1. The van der Waals surface area contributed by atoms with Crippen molar-refractivity contribution in [2.75, 3.05) is 33.4 Å². The standard InChI is InChI=1S/C17H27N3O2.HI/c1-14-7-10-20(11-8-14)17(18)19-9-12-22-13-15-3-5-16(21-2)6-4-15;/h3-6,14H,7-13H2,1-2H3,(H2,18,19);1H. The van der Waals surface area contributed by atoms with Gasteiger partial charge >= 0.3 is 0 Å². The van der Waals surface area contributed by atoms with E-state index in [-0.39, 0.29) is 24.0 Å². The molecule has 5 nitrogen and oxygen atoms in total. The van der Waals surface area contributed by atoms with Crippen molar-refractivity contribution in [1.29, 1.82) is 0 Å². The first-order valence-electron chi connectivity index (χ1n) is 7.94. The molecule has 2 rings (SSSR count). The Balaban J connectivity index is 0.00000264. The lowest BCUT2D eigenvalue weighted by Crippen LogP contribution is -2.42. The fraction of sp³-hybridized carbons (Fsp3) is 0.588. The molecule has 0 bridgehead atoms. The van der Waals surface area contributed by atoms with Crippen molar-refractivity contribution in [3.8, 4) is 5.75 Å². The molecule has 2 N–H and O–H groups in total. The van der Waals surface area contributed by atoms with Crippen LogP contribution in [0.5, 0.6) is 5.75 Å². The van der Waals surface area contributed by atoms with Crippen LogP contribution < -0.4 is 10.5 Å². The first-order chi connectivity index (χ1) is 10.7. The Morgan fingerprint density at radius 2 is 1.91 bits per heavy atom. The highest BCUT2D eigenvalue weighted by Crippen LogP contribution is 2.15. The number of nitrogens with two attached hydrogens (primary N) is 1. The summed E-state index contributed by atoms with van der Waals surface area (Å²) in [5, 5.41) is 0. The number of likely N-dealkylation sites (tertiary alicyclic amines) is 1. The Morgan fingerprint density at radius 1 is 1.26 bits per heavy atom. The molecule has 130 valence electrons. The number of benzene rings is 1. The van der Waals surface area contributed by atoms with Crippen molar-refractivity contribution < 1.29 is 9.47 Å². The number of rotatable bonds is 6. The van der Waals surface area contributed by atoms with Crippen molar-refractivity contribution in [3.63, 3.8) is 0 Å². The molecule has 0 aromatic heterocycles. The molecule has 0 amide bonds. The minimum atomic E-state index is 0. The van der Waals surface area contributed by atoms with E-state index in [9.17, 15) is 0 Å². The number of guanidine groups is 1. The van der Waals surface area contributed by atoms with E-state index in [2.05, 4.69) is 16.8 Å². The molecule has 1 fully saturated rings. The molecule has 0 spiro atoms. The van der Waals surface area contributed by atoms with E-state index in [1.54, 1.807) is 7.11 Å². The van der Waals surface area contributed by atoms with Gasteiger partial charge in [0.05, 0.1) is 26.9 Å². The van der Waals surface area contributed by atoms with Crippen molar-refractivity contribution >= 4 is 29.9 Å². The minimum Gasteiger partial charge on any atom is -0.497 e. The first-order valence-corrected chi connectivity index (χ1v) is 7.94. The van der Waals surface area contributed by atoms with Crippen LogP contribution in [0.25, 0.3) is 0 Å². The zero-order chi connectivity index (χ0) is 15.8. The van der Waals surface area contributed by atoms with E-state index in [4.69, 9.17) is 15.2 Å². The molecule has 1 aromatic carbocycles. The summed E-state index contributed by atoms with van der Waals surface area (Å²) < 4.78 is 10.8. The molecule has 6 heteroatoms. The van der Waals surface area contributed by atoms with Gasteiger partial charge in [0.25, 0.3) is 0 Å². The van der Waals surface area contributed by atoms with Gasteiger partial charge in [-0.3, -0.25) is 4.99 Å². The third-order valence-electron chi connectivity index (χ3n) is 4.04. The van der Waals surface area contributed by atoms with Gasteiger partial charge < -0.3 is 20.1 Å². The number of aliphatic imine (C=N–C) groups is 1. The molecule has 1 aromatic rings. The van der Waals surface area contributed by atoms with Crippen LogP contribution in [-0.4, -0.2) is 44.2 Å². The molecular formula is C17H28IN3O2. The highest BCUT2D eigenvalue weighted by molar-refractivity contribution is 14.0. The molecule has 0 unspecified atom stereocenters. The fourth-order valence-electron chi connectivity index (χ4n) is 2.47. The SMILES string of the molecule is COc1ccc(COCCN=C(N)N2CCC(C)CC2)cc1.I. The monoisotopic (exact) mass is 433 g/mol. The van der Waals surface area contributed by atoms with Gasteiger partial charge in [0.1, 0.15) is 5.75 Å². The van der Waals surface area contributed by atoms with Crippen LogP contribution in [0.4, 0.5) is 0 Å². The summed E-state index contributed by atoms with van der Waals surface area (Å²) in [5.41, 5.74) is 7.15. The first kappa shape index (κ1) is 20.0. The van der Waals surface area contributed by atoms with Gasteiger partial charge in [-0.2, -0.15) is 0 Å². The summed E-state index contributed by atoms with van der Waals surface area (Å²) in [4.78, 5) is 6.58. The van der Waals surface area contributed by atoms with E-state index in [1.165, 1.54) is 12.8 Å². The summed E-state index contributed by atoms with van der Waals surface area (Å²) in [5.74, 6) is 2.31. The Morgan fingerprint density at radius 3 is 2.52 bits per heavy atom. The number of nitrogens with zero attached hydrogens (tertiary/aromatic N) is 2. The van der Waals surface area contributed by atoms with E-state index in [1.807, 2.05) is 24.3 Å². The lowest BCUT2D eigenvalue weighted by Gasteiger charge is -2.31. The van der Waals surface area contributed by atoms with Gasteiger partial charge in [0.2, 0.25) is 0 Å². The zero-order valence-corrected chi connectivity index (χ0v) is 16.4. The third kappa shape index (κ3) is 6.95. The summed E-state index contributed by atoms with van der Waals surface area (Å²) in [6, 6.07) is 7.88. The molecular weight excluding hydrogens is 405 g/mol. The zero-order valence-electron chi connectivity index (χ0n) is 14.0. The second-order valence-electron chi connectivity index (χ2n) is 5.81. The van der Waals surface area contributed by atoms with Crippen molar-refractivity contribution in [1.82, 2.24) is 4.90 Å². The smallest absolute Gasteiger partial charge is 0.191 e.